The molecule has 1 unspecified atom stereocenters. The molecule has 2 aliphatic carbocycles. The Hall–Kier alpha value is -3.32. The summed E-state index contributed by atoms with van der Waals surface area (Å²) in [6.45, 7) is 0. The van der Waals surface area contributed by atoms with Crippen LogP contribution >= 0.6 is 0 Å². The SMILES string of the molecule is CN(C)C(=O)c1cccc(NC2=C(N[C@@H]3CCCc4ccccc43)C(O)C2=O)c1O. The molecule has 0 spiro atoms. The van der Waals surface area contributed by atoms with Gasteiger partial charge in [-0.15, -0.1) is 0 Å². The Morgan fingerprint density at radius 3 is 2.67 bits per heavy atom. The molecule has 0 aromatic heterocycles. The smallest absolute Gasteiger partial charge is 0.257 e. The number of aryl methyl sites for hydroxylation is 1. The van der Waals surface area contributed by atoms with Crippen LogP contribution in [0.5, 0.6) is 5.75 Å². The van der Waals surface area contributed by atoms with E-state index in [1.807, 2.05) is 12.1 Å². The molecule has 2 aliphatic rings. The lowest BCUT2D eigenvalue weighted by molar-refractivity contribution is -0.124. The van der Waals surface area contributed by atoms with Gasteiger partial charge < -0.3 is 25.7 Å². The van der Waals surface area contributed by atoms with Gasteiger partial charge in [0, 0.05) is 14.1 Å². The summed E-state index contributed by atoms with van der Waals surface area (Å²) in [7, 11) is 3.19. The summed E-state index contributed by atoms with van der Waals surface area (Å²) in [6, 6.07) is 12.9. The van der Waals surface area contributed by atoms with E-state index in [1.54, 1.807) is 26.2 Å². The molecule has 0 fully saturated rings. The number of anilines is 1. The normalized spacial score (nSPS) is 20.3. The molecule has 7 nitrogen and oxygen atoms in total. The molecule has 7 heteroatoms. The van der Waals surface area contributed by atoms with Crippen molar-refractivity contribution in [2.75, 3.05) is 19.4 Å². The van der Waals surface area contributed by atoms with E-state index in [1.165, 1.54) is 22.1 Å². The Kier molecular flexibility index (Phi) is 5.22. The van der Waals surface area contributed by atoms with E-state index in [0.29, 0.717) is 5.70 Å². The van der Waals surface area contributed by atoms with Gasteiger partial charge in [-0.2, -0.15) is 0 Å². The van der Waals surface area contributed by atoms with Crippen molar-refractivity contribution >= 4 is 17.4 Å². The summed E-state index contributed by atoms with van der Waals surface area (Å²) in [6.07, 6.45) is 1.70. The molecule has 156 valence electrons. The van der Waals surface area contributed by atoms with Crippen LogP contribution in [0.15, 0.2) is 53.9 Å². The largest absolute Gasteiger partial charge is 0.505 e. The third-order valence-electron chi connectivity index (χ3n) is 5.67. The number of hydrogen-bond acceptors (Lipinski definition) is 6. The van der Waals surface area contributed by atoms with E-state index in [-0.39, 0.29) is 34.6 Å². The third kappa shape index (κ3) is 3.41. The number of nitrogens with one attached hydrogen (secondary N) is 2. The first-order valence-electron chi connectivity index (χ1n) is 10.00. The number of phenolic OH excluding ortho intramolecular Hbond substituents is 1. The quantitative estimate of drug-likeness (QED) is 0.568. The molecular weight excluding hydrogens is 382 g/mol. The van der Waals surface area contributed by atoms with Gasteiger partial charge in [-0.05, 0) is 42.5 Å². The number of aliphatic hydroxyl groups excluding tert-OH is 1. The van der Waals surface area contributed by atoms with E-state index in [4.69, 9.17) is 0 Å². The standard InChI is InChI=1S/C23H25N3O4/c1-26(2)23(30)15-10-6-12-17(20(15)27)25-19-18(21(28)22(19)29)24-16-11-5-8-13-7-3-4-9-14(13)16/h3-4,6-7,9-10,12,16,21,24-25,27-28H,5,8,11H2,1-2H3/t16-,21?/m1/s1. The Morgan fingerprint density at radius 2 is 1.90 bits per heavy atom. The van der Waals surface area contributed by atoms with Gasteiger partial charge in [0.15, 0.2) is 11.9 Å². The van der Waals surface area contributed by atoms with Gasteiger partial charge in [0.25, 0.3) is 5.91 Å². The van der Waals surface area contributed by atoms with Gasteiger partial charge in [-0.3, -0.25) is 9.59 Å². The molecule has 1 amide bonds. The average molecular weight is 407 g/mol. The zero-order valence-corrected chi connectivity index (χ0v) is 17.0. The lowest BCUT2D eigenvalue weighted by atomic mass is 9.86. The van der Waals surface area contributed by atoms with E-state index in [9.17, 15) is 19.8 Å². The maximum absolute atomic E-state index is 12.3. The van der Waals surface area contributed by atoms with Crippen molar-refractivity contribution in [2.24, 2.45) is 0 Å². The fourth-order valence-electron chi connectivity index (χ4n) is 4.02. The molecule has 4 N–H and O–H groups in total. The maximum atomic E-state index is 12.3. The van der Waals surface area contributed by atoms with Gasteiger partial charge in [0.2, 0.25) is 5.78 Å². The van der Waals surface area contributed by atoms with Crippen LogP contribution in [0.1, 0.15) is 40.4 Å². The number of ketones is 1. The van der Waals surface area contributed by atoms with Crippen LogP contribution in [0.4, 0.5) is 5.69 Å². The van der Waals surface area contributed by atoms with Gasteiger partial charge >= 0.3 is 0 Å². The van der Waals surface area contributed by atoms with E-state index in [2.05, 4.69) is 22.8 Å². The Bertz CT molecular complexity index is 1040. The van der Waals surface area contributed by atoms with Crippen molar-refractivity contribution < 1.29 is 19.8 Å². The van der Waals surface area contributed by atoms with E-state index in [0.717, 1.165) is 19.3 Å². The minimum Gasteiger partial charge on any atom is -0.505 e. The Morgan fingerprint density at radius 1 is 1.13 bits per heavy atom. The lowest BCUT2D eigenvalue weighted by Crippen LogP contribution is -2.47. The topological polar surface area (TPSA) is 102 Å². The number of fused-ring (bicyclic) bond motifs is 1. The number of nitrogens with zero attached hydrogens (tertiary/aromatic N) is 1. The Labute approximate surface area is 175 Å². The summed E-state index contributed by atoms with van der Waals surface area (Å²) in [5.41, 5.74) is 3.42. The van der Waals surface area contributed by atoms with Crippen molar-refractivity contribution in [2.45, 2.75) is 31.4 Å². The van der Waals surface area contributed by atoms with Crippen molar-refractivity contribution in [3.05, 3.63) is 70.5 Å². The monoisotopic (exact) mass is 407 g/mol. The lowest BCUT2D eigenvalue weighted by Gasteiger charge is -2.35. The van der Waals surface area contributed by atoms with Gasteiger partial charge in [0.1, 0.15) is 5.70 Å². The molecule has 0 bridgehead atoms. The van der Waals surface area contributed by atoms with Crippen molar-refractivity contribution in [3.8, 4) is 5.75 Å². The second-order valence-corrected chi connectivity index (χ2v) is 7.87. The molecule has 2 aromatic carbocycles. The number of benzene rings is 2. The second kappa shape index (κ2) is 7.84. The number of hydrogen-bond donors (Lipinski definition) is 4. The molecule has 2 aromatic rings. The van der Waals surface area contributed by atoms with E-state index < -0.39 is 11.9 Å². The number of carbonyl (C=O) groups excluding carboxylic acids is 2. The molecular formula is C23H25N3O4. The van der Waals surface area contributed by atoms with Crippen molar-refractivity contribution in [1.82, 2.24) is 10.2 Å². The number of carbonyl (C=O) groups is 2. The zero-order chi connectivity index (χ0) is 21.4. The average Bonchev–Trinajstić information content (AvgIpc) is 2.76. The van der Waals surface area contributed by atoms with Gasteiger partial charge in [-0.25, -0.2) is 0 Å². The van der Waals surface area contributed by atoms with Crippen LogP contribution in [0, 0.1) is 0 Å². The minimum absolute atomic E-state index is 0.000231. The molecule has 2 atom stereocenters. The third-order valence-corrected chi connectivity index (χ3v) is 5.67. The van der Waals surface area contributed by atoms with Crippen LogP contribution in [-0.4, -0.2) is 47.0 Å². The Balaban J connectivity index is 1.62. The van der Waals surface area contributed by atoms with Crippen LogP contribution < -0.4 is 10.6 Å². The second-order valence-electron chi connectivity index (χ2n) is 7.87. The number of aliphatic hydroxyl groups is 1. The summed E-state index contributed by atoms with van der Waals surface area (Å²) < 4.78 is 0. The molecule has 0 saturated carbocycles. The first-order chi connectivity index (χ1) is 14.4. The number of para-hydroxylation sites is 1. The zero-order valence-electron chi connectivity index (χ0n) is 17.0. The molecule has 0 heterocycles. The molecule has 0 saturated heterocycles. The highest BCUT2D eigenvalue weighted by atomic mass is 16.3. The number of Topliss-reactive ketones (excluding diaryl/α,β-unsaturated/α-hetero) is 1. The highest BCUT2D eigenvalue weighted by Crippen LogP contribution is 2.35. The molecule has 30 heavy (non-hydrogen) atoms. The number of aromatic hydroxyl groups is 1. The van der Waals surface area contributed by atoms with Crippen LogP contribution in [-0.2, 0) is 11.2 Å². The summed E-state index contributed by atoms with van der Waals surface area (Å²) in [5.74, 6) is -1.03. The van der Waals surface area contributed by atoms with Crippen molar-refractivity contribution in [3.63, 3.8) is 0 Å². The first-order valence-corrected chi connectivity index (χ1v) is 10.00. The predicted octanol–water partition coefficient (Wildman–Crippen LogP) is 2.33. The fraction of sp³-hybridized carbons (Fsp3) is 0.304. The van der Waals surface area contributed by atoms with Crippen LogP contribution in [0.3, 0.4) is 0 Å². The van der Waals surface area contributed by atoms with Crippen LogP contribution in [0.25, 0.3) is 0 Å². The maximum Gasteiger partial charge on any atom is 0.257 e. The highest BCUT2D eigenvalue weighted by molar-refractivity contribution is 6.11. The number of phenols is 1. The van der Waals surface area contributed by atoms with Gasteiger partial charge in [0.05, 0.1) is 23.0 Å². The predicted molar refractivity (Wildman–Crippen MR) is 113 cm³/mol. The van der Waals surface area contributed by atoms with Crippen LogP contribution in [0.2, 0.25) is 0 Å². The number of amides is 1. The fourth-order valence-corrected chi connectivity index (χ4v) is 4.02. The van der Waals surface area contributed by atoms with Gasteiger partial charge in [-0.1, -0.05) is 30.3 Å². The highest BCUT2D eigenvalue weighted by Gasteiger charge is 2.40. The minimum atomic E-state index is -1.23. The number of rotatable bonds is 5. The molecule has 0 aliphatic heterocycles. The summed E-state index contributed by atoms with van der Waals surface area (Å²) in [5, 5.41) is 27.0. The summed E-state index contributed by atoms with van der Waals surface area (Å²) in [4.78, 5) is 26.0. The summed E-state index contributed by atoms with van der Waals surface area (Å²) >= 11 is 0. The molecule has 0 radical (unpaired) electrons. The van der Waals surface area contributed by atoms with Crippen molar-refractivity contribution in [1.29, 1.82) is 0 Å². The molecule has 4 rings (SSSR count). The van der Waals surface area contributed by atoms with E-state index >= 15 is 0 Å². The first kappa shape index (κ1) is 20.0.